The molecule has 1 saturated heterocycles. The van der Waals surface area contributed by atoms with Crippen LogP contribution < -0.4 is 0 Å². The van der Waals surface area contributed by atoms with Gasteiger partial charge in [0.2, 0.25) is 5.91 Å². The van der Waals surface area contributed by atoms with E-state index in [0.717, 1.165) is 38.8 Å². The van der Waals surface area contributed by atoms with Gasteiger partial charge in [-0.3, -0.25) is 9.69 Å². The minimum atomic E-state index is -0.573. The Morgan fingerprint density at radius 2 is 1.74 bits per heavy atom. The van der Waals surface area contributed by atoms with Crippen LogP contribution in [0, 0.1) is 0 Å². The van der Waals surface area contributed by atoms with Crippen molar-refractivity contribution < 1.29 is 9.90 Å². The van der Waals surface area contributed by atoms with Crippen LogP contribution in [0.15, 0.2) is 54.6 Å². The Morgan fingerprint density at radius 1 is 1.11 bits per heavy atom. The number of hydrogen-bond donors (Lipinski definition) is 1. The molecule has 1 heterocycles. The third-order valence-electron chi connectivity index (χ3n) is 6.16. The molecule has 142 valence electrons. The average molecular weight is 364 g/mol. The maximum absolute atomic E-state index is 13.7. The standard InChI is InChI=1S/C23H28N2O2/c1-24(16-18-8-3-2-4-9-18)23(14-19-10-5-6-11-20(19)15-23)22(27)25-13-7-12-21(26)17-25/h2-6,8-11,21,26H,7,12-17H2,1H3/t21-/m1/s1. The van der Waals surface area contributed by atoms with Gasteiger partial charge in [0.15, 0.2) is 0 Å². The van der Waals surface area contributed by atoms with E-state index in [1.165, 1.54) is 16.7 Å². The SMILES string of the molecule is CN(Cc1ccccc1)C1(C(=O)N2CCC[C@@H](O)C2)Cc2ccccc2C1. The largest absolute Gasteiger partial charge is 0.391 e. The molecule has 1 aliphatic carbocycles. The van der Waals surface area contributed by atoms with Crippen molar-refractivity contribution in [1.82, 2.24) is 9.80 Å². The van der Waals surface area contributed by atoms with E-state index in [1.807, 2.05) is 23.1 Å². The Kier molecular flexibility index (Phi) is 5.02. The number of likely N-dealkylation sites (N-methyl/N-ethyl adjacent to an activating group) is 1. The molecule has 4 heteroatoms. The average Bonchev–Trinajstić information content (AvgIpc) is 3.09. The summed E-state index contributed by atoms with van der Waals surface area (Å²) < 4.78 is 0. The second kappa shape index (κ2) is 7.45. The number of β-amino-alcohol motifs (C(OH)–C–C–N with tert-alkyl or cyclic N) is 1. The lowest BCUT2D eigenvalue weighted by atomic mass is 9.90. The number of rotatable bonds is 4. The molecule has 2 aromatic carbocycles. The van der Waals surface area contributed by atoms with Gasteiger partial charge >= 0.3 is 0 Å². The Balaban J connectivity index is 1.65. The van der Waals surface area contributed by atoms with Gasteiger partial charge in [-0.15, -0.1) is 0 Å². The van der Waals surface area contributed by atoms with E-state index in [0.29, 0.717) is 6.54 Å². The van der Waals surface area contributed by atoms with Crippen molar-refractivity contribution in [3.63, 3.8) is 0 Å². The third-order valence-corrected chi connectivity index (χ3v) is 6.16. The maximum Gasteiger partial charge on any atom is 0.243 e. The van der Waals surface area contributed by atoms with Crippen molar-refractivity contribution in [2.75, 3.05) is 20.1 Å². The van der Waals surface area contributed by atoms with Crippen LogP contribution in [0.1, 0.15) is 29.5 Å². The number of piperidine rings is 1. The number of amides is 1. The summed E-state index contributed by atoms with van der Waals surface area (Å²) in [5.74, 6) is 0.163. The number of benzene rings is 2. The molecule has 4 nitrogen and oxygen atoms in total. The number of hydrogen-bond acceptors (Lipinski definition) is 3. The Hall–Kier alpha value is -2.17. The minimum absolute atomic E-state index is 0.163. The number of aliphatic hydroxyl groups excluding tert-OH is 1. The van der Waals surface area contributed by atoms with Gasteiger partial charge in [0.25, 0.3) is 0 Å². The van der Waals surface area contributed by atoms with Crippen molar-refractivity contribution in [1.29, 1.82) is 0 Å². The van der Waals surface area contributed by atoms with Crippen molar-refractivity contribution in [2.45, 2.75) is 43.9 Å². The lowest BCUT2D eigenvalue weighted by molar-refractivity contribution is -0.147. The highest BCUT2D eigenvalue weighted by Gasteiger charge is 2.49. The number of likely N-dealkylation sites (tertiary alicyclic amines) is 1. The molecule has 1 fully saturated rings. The molecule has 1 N–H and O–H groups in total. The molecule has 0 spiro atoms. The molecule has 0 radical (unpaired) electrons. The fourth-order valence-corrected chi connectivity index (χ4v) is 4.62. The molecule has 0 bridgehead atoms. The zero-order valence-corrected chi connectivity index (χ0v) is 16.0. The smallest absolute Gasteiger partial charge is 0.243 e. The number of carbonyl (C=O) groups excluding carboxylic acids is 1. The van der Waals surface area contributed by atoms with Crippen LogP contribution in [0.4, 0.5) is 0 Å². The summed E-state index contributed by atoms with van der Waals surface area (Å²) in [5, 5.41) is 10.1. The molecular formula is C23H28N2O2. The number of fused-ring (bicyclic) bond motifs is 1. The monoisotopic (exact) mass is 364 g/mol. The van der Waals surface area contributed by atoms with Gasteiger partial charge in [0.1, 0.15) is 5.54 Å². The van der Waals surface area contributed by atoms with Crippen LogP contribution in [0.2, 0.25) is 0 Å². The highest BCUT2D eigenvalue weighted by molar-refractivity contribution is 5.88. The van der Waals surface area contributed by atoms with Crippen molar-refractivity contribution in [3.8, 4) is 0 Å². The summed E-state index contributed by atoms with van der Waals surface area (Å²) >= 11 is 0. The molecule has 4 rings (SSSR count). The summed E-state index contributed by atoms with van der Waals surface area (Å²) in [4.78, 5) is 17.9. The Labute approximate surface area is 161 Å². The van der Waals surface area contributed by atoms with Crippen LogP contribution in [0.5, 0.6) is 0 Å². The van der Waals surface area contributed by atoms with Gasteiger partial charge in [-0.25, -0.2) is 0 Å². The van der Waals surface area contributed by atoms with Crippen molar-refractivity contribution in [3.05, 3.63) is 71.3 Å². The van der Waals surface area contributed by atoms with Crippen LogP contribution >= 0.6 is 0 Å². The van der Waals surface area contributed by atoms with E-state index < -0.39 is 11.6 Å². The first-order chi connectivity index (χ1) is 13.1. The third kappa shape index (κ3) is 3.52. The summed E-state index contributed by atoms with van der Waals surface area (Å²) in [6, 6.07) is 18.7. The van der Waals surface area contributed by atoms with Gasteiger partial charge < -0.3 is 10.0 Å². The molecule has 0 saturated carbocycles. The molecule has 2 aromatic rings. The number of aliphatic hydroxyl groups is 1. The van der Waals surface area contributed by atoms with Crippen molar-refractivity contribution in [2.24, 2.45) is 0 Å². The van der Waals surface area contributed by atoms with E-state index >= 15 is 0 Å². The van der Waals surface area contributed by atoms with E-state index in [1.54, 1.807) is 0 Å². The summed E-state index contributed by atoms with van der Waals surface area (Å²) in [7, 11) is 2.07. The molecule has 2 aliphatic rings. The molecule has 0 aromatic heterocycles. The zero-order chi connectivity index (χ0) is 18.9. The van der Waals surface area contributed by atoms with Gasteiger partial charge in [-0.1, -0.05) is 54.6 Å². The summed E-state index contributed by atoms with van der Waals surface area (Å²) in [5.41, 5.74) is 3.17. The highest BCUT2D eigenvalue weighted by Crippen LogP contribution is 2.37. The predicted molar refractivity (Wildman–Crippen MR) is 106 cm³/mol. The molecule has 0 unspecified atom stereocenters. The van der Waals surface area contributed by atoms with Crippen molar-refractivity contribution >= 4 is 5.91 Å². The summed E-state index contributed by atoms with van der Waals surface area (Å²) in [6.45, 7) is 1.93. The van der Waals surface area contributed by atoms with Crippen LogP contribution in [-0.4, -0.2) is 52.6 Å². The second-order valence-electron chi connectivity index (χ2n) is 8.04. The first kappa shape index (κ1) is 18.2. The molecule has 27 heavy (non-hydrogen) atoms. The Morgan fingerprint density at radius 3 is 2.37 bits per heavy atom. The molecular weight excluding hydrogens is 336 g/mol. The quantitative estimate of drug-likeness (QED) is 0.907. The van der Waals surface area contributed by atoms with Gasteiger partial charge in [0, 0.05) is 32.5 Å². The summed E-state index contributed by atoms with van der Waals surface area (Å²) in [6.07, 6.45) is 2.73. The zero-order valence-electron chi connectivity index (χ0n) is 16.0. The lowest BCUT2D eigenvalue weighted by Gasteiger charge is -2.43. The van der Waals surface area contributed by atoms with E-state index in [9.17, 15) is 9.90 Å². The van der Waals surface area contributed by atoms with E-state index in [4.69, 9.17) is 0 Å². The topological polar surface area (TPSA) is 43.8 Å². The second-order valence-corrected chi connectivity index (χ2v) is 8.04. The molecule has 1 aliphatic heterocycles. The first-order valence-corrected chi connectivity index (χ1v) is 9.88. The number of nitrogens with zero attached hydrogens (tertiary/aromatic N) is 2. The number of carbonyl (C=O) groups is 1. The molecule has 1 atom stereocenters. The maximum atomic E-state index is 13.7. The fraction of sp³-hybridized carbons (Fsp3) is 0.435. The fourth-order valence-electron chi connectivity index (χ4n) is 4.62. The van der Waals surface area contributed by atoms with Crippen LogP contribution in [-0.2, 0) is 24.2 Å². The first-order valence-electron chi connectivity index (χ1n) is 9.88. The normalized spacial score (nSPS) is 21.3. The predicted octanol–water partition coefficient (Wildman–Crippen LogP) is 2.64. The van der Waals surface area contributed by atoms with Gasteiger partial charge in [0.05, 0.1) is 6.10 Å². The lowest BCUT2D eigenvalue weighted by Crippen LogP contribution is -2.60. The minimum Gasteiger partial charge on any atom is -0.391 e. The Bertz CT molecular complexity index is 780. The van der Waals surface area contributed by atoms with Crippen LogP contribution in [0.3, 0.4) is 0 Å². The van der Waals surface area contributed by atoms with Crippen LogP contribution in [0.25, 0.3) is 0 Å². The van der Waals surface area contributed by atoms with Gasteiger partial charge in [-0.2, -0.15) is 0 Å². The molecule has 1 amide bonds. The van der Waals surface area contributed by atoms with E-state index in [-0.39, 0.29) is 5.91 Å². The van der Waals surface area contributed by atoms with E-state index in [2.05, 4.69) is 48.3 Å². The van der Waals surface area contributed by atoms with Gasteiger partial charge in [-0.05, 0) is 36.6 Å². The highest BCUT2D eigenvalue weighted by atomic mass is 16.3.